The van der Waals surface area contributed by atoms with Crippen molar-refractivity contribution in [2.45, 2.75) is 38.3 Å². The van der Waals surface area contributed by atoms with Crippen LogP contribution in [0.4, 0.5) is 4.79 Å². The summed E-state index contributed by atoms with van der Waals surface area (Å²) in [5.41, 5.74) is -0.225. The quantitative estimate of drug-likeness (QED) is 0.571. The number of benzene rings is 1. The molecule has 2 atom stereocenters. The molecule has 1 aromatic carbocycles. The van der Waals surface area contributed by atoms with Crippen LogP contribution in [0.3, 0.4) is 0 Å². The van der Waals surface area contributed by atoms with Crippen LogP contribution in [0.1, 0.15) is 42.6 Å². The smallest absolute Gasteiger partial charge is 0.322 e. The minimum Gasteiger partial charge on any atom is -0.481 e. The topological polar surface area (TPSA) is 125 Å². The average Bonchev–Trinajstić information content (AvgIpc) is 2.79. The van der Waals surface area contributed by atoms with Crippen molar-refractivity contribution < 1.29 is 24.3 Å². The number of rotatable bonds is 6. The molecule has 0 aromatic heterocycles. The van der Waals surface area contributed by atoms with E-state index in [1.807, 2.05) is 0 Å². The van der Waals surface area contributed by atoms with Gasteiger partial charge in [0.05, 0.1) is 0 Å². The highest BCUT2D eigenvalue weighted by Crippen LogP contribution is 2.24. The van der Waals surface area contributed by atoms with Gasteiger partial charge in [-0.05, 0) is 38.0 Å². The van der Waals surface area contributed by atoms with Gasteiger partial charge in [0.15, 0.2) is 0 Å². The molecule has 1 aromatic rings. The monoisotopic (exact) mass is 333 g/mol. The standard InChI is InChI=1S/C16H19N3O5/c1-9(3-8-12(20)21)17-13(22)10-4-6-11(7-5-10)16(2)14(23)18-15(24)19-16/h4-7,9H,3,8H2,1-2H3,(H,17,22)(H,20,21)(H2,18,19,23,24). The summed E-state index contributed by atoms with van der Waals surface area (Å²) in [5.74, 6) is -1.69. The zero-order chi connectivity index (χ0) is 17.9. The number of hydrogen-bond acceptors (Lipinski definition) is 4. The molecule has 0 radical (unpaired) electrons. The number of carbonyl (C=O) groups excluding carboxylic acids is 3. The van der Waals surface area contributed by atoms with Crippen LogP contribution in [0, 0.1) is 0 Å². The summed E-state index contributed by atoms with van der Waals surface area (Å²) in [6.45, 7) is 3.31. The van der Waals surface area contributed by atoms with Crippen LogP contribution in [0.2, 0.25) is 0 Å². The molecule has 128 valence electrons. The highest BCUT2D eigenvalue weighted by atomic mass is 16.4. The molecule has 1 saturated heterocycles. The lowest BCUT2D eigenvalue weighted by Gasteiger charge is -2.21. The Morgan fingerprint density at radius 3 is 2.38 bits per heavy atom. The fourth-order valence-corrected chi connectivity index (χ4v) is 2.42. The fraction of sp³-hybridized carbons (Fsp3) is 0.375. The Balaban J connectivity index is 2.04. The molecule has 4 N–H and O–H groups in total. The summed E-state index contributed by atoms with van der Waals surface area (Å²) in [5, 5.41) is 16.1. The largest absolute Gasteiger partial charge is 0.481 e. The summed E-state index contributed by atoms with van der Waals surface area (Å²) >= 11 is 0. The van der Waals surface area contributed by atoms with Gasteiger partial charge in [-0.15, -0.1) is 0 Å². The number of nitrogens with one attached hydrogen (secondary N) is 3. The van der Waals surface area contributed by atoms with E-state index in [0.29, 0.717) is 17.5 Å². The number of carbonyl (C=O) groups is 4. The van der Waals surface area contributed by atoms with Crippen molar-refractivity contribution >= 4 is 23.8 Å². The van der Waals surface area contributed by atoms with Crippen molar-refractivity contribution in [1.29, 1.82) is 0 Å². The van der Waals surface area contributed by atoms with Crippen molar-refractivity contribution in [3.05, 3.63) is 35.4 Å². The zero-order valence-electron chi connectivity index (χ0n) is 13.4. The maximum atomic E-state index is 12.1. The summed E-state index contributed by atoms with van der Waals surface area (Å²) < 4.78 is 0. The van der Waals surface area contributed by atoms with Crippen molar-refractivity contribution in [2.24, 2.45) is 0 Å². The van der Waals surface area contributed by atoms with Crippen molar-refractivity contribution in [3.63, 3.8) is 0 Å². The van der Waals surface area contributed by atoms with E-state index in [2.05, 4.69) is 16.0 Å². The molecule has 8 heteroatoms. The highest BCUT2D eigenvalue weighted by Gasteiger charge is 2.43. The number of urea groups is 1. The molecule has 2 unspecified atom stereocenters. The Bertz CT molecular complexity index is 685. The van der Waals surface area contributed by atoms with E-state index in [-0.39, 0.29) is 18.4 Å². The van der Waals surface area contributed by atoms with Gasteiger partial charge >= 0.3 is 12.0 Å². The van der Waals surface area contributed by atoms with Gasteiger partial charge in [0.1, 0.15) is 5.54 Å². The highest BCUT2D eigenvalue weighted by molar-refractivity contribution is 6.07. The van der Waals surface area contributed by atoms with Gasteiger partial charge in [-0.2, -0.15) is 0 Å². The summed E-state index contributed by atoms with van der Waals surface area (Å²) in [7, 11) is 0. The predicted octanol–water partition coefficient (Wildman–Crippen LogP) is 0.724. The van der Waals surface area contributed by atoms with E-state index in [1.54, 1.807) is 38.1 Å². The molecule has 0 aliphatic carbocycles. The first-order valence-electron chi connectivity index (χ1n) is 7.49. The first-order valence-corrected chi connectivity index (χ1v) is 7.49. The maximum Gasteiger partial charge on any atom is 0.322 e. The molecule has 8 nitrogen and oxygen atoms in total. The Morgan fingerprint density at radius 2 is 1.88 bits per heavy atom. The number of aliphatic carboxylic acids is 1. The third-order valence-corrected chi connectivity index (χ3v) is 3.94. The van der Waals surface area contributed by atoms with Gasteiger partial charge in [-0.1, -0.05) is 12.1 Å². The van der Waals surface area contributed by atoms with Crippen LogP contribution < -0.4 is 16.0 Å². The fourth-order valence-electron chi connectivity index (χ4n) is 2.42. The van der Waals surface area contributed by atoms with Gasteiger partial charge in [0.2, 0.25) is 0 Å². The molecule has 0 spiro atoms. The number of hydrogen-bond donors (Lipinski definition) is 4. The van der Waals surface area contributed by atoms with Crippen LogP contribution in [-0.4, -0.2) is 35.0 Å². The molecule has 1 aliphatic rings. The van der Waals surface area contributed by atoms with Crippen LogP contribution in [0.15, 0.2) is 24.3 Å². The Morgan fingerprint density at radius 1 is 1.25 bits per heavy atom. The molecule has 1 fully saturated rings. The predicted molar refractivity (Wildman–Crippen MR) is 84.3 cm³/mol. The second-order valence-corrected chi connectivity index (χ2v) is 5.92. The second kappa shape index (κ2) is 6.69. The number of carboxylic acids is 1. The van der Waals surface area contributed by atoms with E-state index in [1.165, 1.54) is 0 Å². The summed E-state index contributed by atoms with van der Waals surface area (Å²) in [6, 6.07) is 5.47. The normalized spacial score (nSPS) is 20.9. The lowest BCUT2D eigenvalue weighted by molar-refractivity contribution is -0.137. The third kappa shape index (κ3) is 3.70. The molecule has 1 aliphatic heterocycles. The molecule has 4 amide bonds. The average molecular weight is 333 g/mol. The molecule has 1 heterocycles. The van der Waals surface area contributed by atoms with Crippen molar-refractivity contribution in [1.82, 2.24) is 16.0 Å². The second-order valence-electron chi connectivity index (χ2n) is 5.92. The van der Waals surface area contributed by atoms with Crippen LogP contribution >= 0.6 is 0 Å². The van der Waals surface area contributed by atoms with Gasteiger partial charge in [-0.3, -0.25) is 19.7 Å². The van der Waals surface area contributed by atoms with E-state index >= 15 is 0 Å². The first-order chi connectivity index (χ1) is 11.2. The van der Waals surface area contributed by atoms with Crippen LogP contribution in [-0.2, 0) is 15.1 Å². The van der Waals surface area contributed by atoms with Crippen LogP contribution in [0.5, 0.6) is 0 Å². The third-order valence-electron chi connectivity index (χ3n) is 3.94. The van der Waals surface area contributed by atoms with Gasteiger partial charge in [0.25, 0.3) is 11.8 Å². The van der Waals surface area contributed by atoms with Gasteiger partial charge in [-0.25, -0.2) is 4.79 Å². The molecule has 24 heavy (non-hydrogen) atoms. The molecule has 2 rings (SSSR count). The summed E-state index contributed by atoms with van der Waals surface area (Å²) in [4.78, 5) is 45.8. The van der Waals surface area contributed by atoms with Crippen LogP contribution in [0.25, 0.3) is 0 Å². The Labute approximate surface area is 138 Å². The Hall–Kier alpha value is -2.90. The number of amides is 4. The zero-order valence-corrected chi connectivity index (χ0v) is 13.4. The lowest BCUT2D eigenvalue weighted by Crippen LogP contribution is -2.40. The number of imide groups is 1. The maximum absolute atomic E-state index is 12.1. The minimum absolute atomic E-state index is 0.0203. The summed E-state index contributed by atoms with van der Waals surface area (Å²) in [6.07, 6.45) is 0.316. The van der Waals surface area contributed by atoms with Crippen molar-refractivity contribution in [3.8, 4) is 0 Å². The molecule has 0 saturated carbocycles. The van der Waals surface area contributed by atoms with E-state index in [9.17, 15) is 19.2 Å². The van der Waals surface area contributed by atoms with E-state index < -0.39 is 23.4 Å². The van der Waals surface area contributed by atoms with E-state index in [4.69, 9.17) is 5.11 Å². The first kappa shape index (κ1) is 17.5. The lowest BCUT2D eigenvalue weighted by atomic mass is 9.91. The molecular formula is C16H19N3O5. The molecular weight excluding hydrogens is 314 g/mol. The van der Waals surface area contributed by atoms with Gasteiger partial charge < -0.3 is 15.7 Å². The minimum atomic E-state index is -1.17. The number of carboxylic acid groups (broad SMARTS) is 1. The SMILES string of the molecule is CC(CCC(=O)O)NC(=O)c1ccc(C2(C)NC(=O)NC2=O)cc1. The Kier molecular flexibility index (Phi) is 4.87. The van der Waals surface area contributed by atoms with E-state index in [0.717, 1.165) is 0 Å². The van der Waals surface area contributed by atoms with Crippen molar-refractivity contribution in [2.75, 3.05) is 0 Å². The molecule has 0 bridgehead atoms. The van der Waals surface area contributed by atoms with Gasteiger partial charge in [0, 0.05) is 18.0 Å².